The summed E-state index contributed by atoms with van der Waals surface area (Å²) in [5.74, 6) is 1.61. The fourth-order valence-corrected chi connectivity index (χ4v) is 3.67. The fraction of sp³-hybridized carbons (Fsp3) is 0.583. The molecule has 0 bridgehead atoms. The molecule has 0 amide bonds. The average molecular weight is 310 g/mol. The van der Waals surface area contributed by atoms with Gasteiger partial charge >= 0.3 is 0 Å². The Balaban J connectivity index is 1.83. The lowest BCUT2D eigenvalue weighted by molar-refractivity contribution is 0.534. The quantitative estimate of drug-likeness (QED) is 0.867. The van der Waals surface area contributed by atoms with Gasteiger partial charge < -0.3 is 4.57 Å². The zero-order valence-corrected chi connectivity index (χ0v) is 12.6. The maximum atomic E-state index is 12.2. The molecule has 1 atom stereocenters. The Bertz CT molecular complexity index is 706. The maximum Gasteiger partial charge on any atom is 0.244 e. The van der Waals surface area contributed by atoms with Gasteiger partial charge in [0, 0.05) is 19.2 Å². The monoisotopic (exact) mass is 310 g/mol. The third kappa shape index (κ3) is 2.84. The van der Waals surface area contributed by atoms with Gasteiger partial charge in [-0.05, 0) is 19.8 Å². The molecule has 0 aliphatic carbocycles. The van der Waals surface area contributed by atoms with Crippen LogP contribution in [0.5, 0.6) is 0 Å². The van der Waals surface area contributed by atoms with Crippen LogP contribution in [0.1, 0.15) is 43.9 Å². The Kier molecular flexibility index (Phi) is 3.77. The molecule has 0 aromatic carbocycles. The van der Waals surface area contributed by atoms with Crippen molar-refractivity contribution < 1.29 is 8.42 Å². The number of aromatic amines is 1. The molecule has 0 saturated heterocycles. The number of hydrogen-bond donors (Lipinski definition) is 2. The lowest BCUT2D eigenvalue weighted by Crippen LogP contribution is -2.29. The van der Waals surface area contributed by atoms with E-state index in [1.165, 1.54) is 12.4 Å². The summed E-state index contributed by atoms with van der Waals surface area (Å²) >= 11 is 0. The zero-order valence-electron chi connectivity index (χ0n) is 11.8. The van der Waals surface area contributed by atoms with Gasteiger partial charge in [0.05, 0.1) is 12.2 Å². The number of fused-ring (bicyclic) bond motifs is 1. The van der Waals surface area contributed by atoms with Gasteiger partial charge in [-0.3, -0.25) is 5.10 Å². The number of nitrogens with one attached hydrogen (secondary N) is 2. The third-order valence-electron chi connectivity index (χ3n) is 3.64. The molecule has 0 spiro atoms. The highest BCUT2D eigenvalue weighted by Crippen LogP contribution is 2.20. The summed E-state index contributed by atoms with van der Waals surface area (Å²) in [6.45, 7) is 2.62. The van der Waals surface area contributed by atoms with Crippen molar-refractivity contribution in [2.24, 2.45) is 0 Å². The van der Waals surface area contributed by atoms with E-state index in [9.17, 15) is 8.42 Å². The van der Waals surface area contributed by atoms with Crippen LogP contribution in [-0.2, 0) is 23.0 Å². The second-order valence-electron chi connectivity index (χ2n) is 5.21. The molecule has 1 aliphatic heterocycles. The van der Waals surface area contributed by atoms with Crippen molar-refractivity contribution in [1.29, 1.82) is 0 Å². The second-order valence-corrected chi connectivity index (χ2v) is 6.93. The summed E-state index contributed by atoms with van der Waals surface area (Å²) in [6, 6.07) is -0.441. The number of rotatable bonds is 4. The van der Waals surface area contributed by atoms with E-state index in [1.54, 1.807) is 6.92 Å². The van der Waals surface area contributed by atoms with Crippen molar-refractivity contribution in [2.75, 3.05) is 0 Å². The van der Waals surface area contributed by atoms with E-state index in [4.69, 9.17) is 0 Å². The maximum absolute atomic E-state index is 12.2. The van der Waals surface area contributed by atoms with Crippen molar-refractivity contribution in [3.05, 3.63) is 24.0 Å². The van der Waals surface area contributed by atoms with E-state index in [0.29, 0.717) is 5.82 Å². The summed E-state index contributed by atoms with van der Waals surface area (Å²) in [5, 5.41) is 14.5. The van der Waals surface area contributed by atoms with Crippen LogP contribution < -0.4 is 4.72 Å². The van der Waals surface area contributed by atoms with Crippen LogP contribution in [0, 0.1) is 0 Å². The molecule has 1 aliphatic rings. The van der Waals surface area contributed by atoms with E-state index < -0.39 is 16.1 Å². The summed E-state index contributed by atoms with van der Waals surface area (Å²) in [4.78, 5) is 0.116. The van der Waals surface area contributed by atoms with Crippen LogP contribution in [-0.4, -0.2) is 33.4 Å². The molecule has 2 aromatic rings. The van der Waals surface area contributed by atoms with Gasteiger partial charge in [0.2, 0.25) is 10.0 Å². The van der Waals surface area contributed by atoms with Gasteiger partial charge in [-0.2, -0.15) is 5.10 Å². The van der Waals surface area contributed by atoms with Gasteiger partial charge in [-0.1, -0.05) is 6.42 Å². The van der Waals surface area contributed by atoms with E-state index in [0.717, 1.165) is 38.1 Å². The molecule has 3 rings (SSSR count). The molecule has 114 valence electrons. The highest BCUT2D eigenvalue weighted by Gasteiger charge is 2.24. The minimum absolute atomic E-state index is 0.116. The molecule has 0 fully saturated rings. The minimum atomic E-state index is -3.60. The normalized spacial score (nSPS) is 17.2. The van der Waals surface area contributed by atoms with Crippen LogP contribution in [0.15, 0.2) is 17.3 Å². The lowest BCUT2D eigenvalue weighted by Gasteiger charge is -2.14. The Morgan fingerprint density at radius 1 is 1.33 bits per heavy atom. The number of sulfonamides is 1. The first-order chi connectivity index (χ1) is 10.1. The SMILES string of the molecule is CC(NS(=O)(=O)c1cn[nH]c1)c1nnc2n1CCCCC2. The zero-order chi connectivity index (χ0) is 14.9. The van der Waals surface area contributed by atoms with Crippen LogP contribution in [0.2, 0.25) is 0 Å². The molecule has 1 unspecified atom stereocenters. The highest BCUT2D eigenvalue weighted by atomic mass is 32.2. The topological polar surface area (TPSA) is 106 Å². The Morgan fingerprint density at radius 3 is 2.95 bits per heavy atom. The van der Waals surface area contributed by atoms with Crippen LogP contribution >= 0.6 is 0 Å². The largest absolute Gasteiger partial charge is 0.314 e. The average Bonchev–Trinajstić information content (AvgIpc) is 3.05. The van der Waals surface area contributed by atoms with E-state index >= 15 is 0 Å². The van der Waals surface area contributed by atoms with Gasteiger partial charge in [0.25, 0.3) is 0 Å². The molecule has 2 N–H and O–H groups in total. The van der Waals surface area contributed by atoms with E-state index in [2.05, 4.69) is 25.1 Å². The van der Waals surface area contributed by atoms with E-state index in [1.807, 2.05) is 4.57 Å². The first kappa shape index (κ1) is 14.2. The number of aryl methyl sites for hydroxylation is 1. The molecule has 3 heterocycles. The first-order valence-corrected chi connectivity index (χ1v) is 8.49. The Morgan fingerprint density at radius 2 is 2.19 bits per heavy atom. The van der Waals surface area contributed by atoms with Crippen molar-refractivity contribution in [3.63, 3.8) is 0 Å². The molecule has 8 nitrogen and oxygen atoms in total. The summed E-state index contributed by atoms with van der Waals surface area (Å²) < 4.78 is 29.1. The number of hydrogen-bond acceptors (Lipinski definition) is 5. The summed E-state index contributed by atoms with van der Waals surface area (Å²) in [7, 11) is -3.60. The molecule has 9 heteroatoms. The van der Waals surface area contributed by atoms with Crippen molar-refractivity contribution >= 4 is 10.0 Å². The second kappa shape index (κ2) is 5.57. The van der Waals surface area contributed by atoms with Gasteiger partial charge in [-0.25, -0.2) is 13.1 Å². The summed E-state index contributed by atoms with van der Waals surface area (Å²) in [6.07, 6.45) is 6.86. The van der Waals surface area contributed by atoms with E-state index in [-0.39, 0.29) is 4.90 Å². The molecule has 2 aromatic heterocycles. The predicted octanol–water partition coefficient (Wildman–Crippen LogP) is 0.767. The Labute approximate surface area is 123 Å². The van der Waals surface area contributed by atoms with Gasteiger partial charge in [-0.15, -0.1) is 10.2 Å². The van der Waals surface area contributed by atoms with Gasteiger partial charge in [0.15, 0.2) is 5.82 Å². The van der Waals surface area contributed by atoms with Crippen LogP contribution in [0.4, 0.5) is 0 Å². The number of H-pyrrole nitrogens is 1. The molecular weight excluding hydrogens is 292 g/mol. The predicted molar refractivity (Wildman–Crippen MR) is 74.9 cm³/mol. The minimum Gasteiger partial charge on any atom is -0.314 e. The molecule has 0 saturated carbocycles. The summed E-state index contributed by atoms with van der Waals surface area (Å²) in [5.41, 5.74) is 0. The van der Waals surface area contributed by atoms with Crippen molar-refractivity contribution in [3.8, 4) is 0 Å². The molecular formula is C12H18N6O2S. The third-order valence-corrected chi connectivity index (χ3v) is 5.15. The van der Waals surface area contributed by atoms with Gasteiger partial charge in [0.1, 0.15) is 10.7 Å². The number of aromatic nitrogens is 5. The highest BCUT2D eigenvalue weighted by molar-refractivity contribution is 7.89. The Hall–Kier alpha value is -1.74. The van der Waals surface area contributed by atoms with Crippen molar-refractivity contribution in [1.82, 2.24) is 29.7 Å². The lowest BCUT2D eigenvalue weighted by atomic mass is 10.2. The molecule has 21 heavy (non-hydrogen) atoms. The number of nitrogens with zero attached hydrogens (tertiary/aromatic N) is 4. The van der Waals surface area contributed by atoms with Crippen LogP contribution in [0.25, 0.3) is 0 Å². The first-order valence-electron chi connectivity index (χ1n) is 7.01. The van der Waals surface area contributed by atoms with Crippen LogP contribution in [0.3, 0.4) is 0 Å². The fourth-order valence-electron chi connectivity index (χ4n) is 2.57. The smallest absolute Gasteiger partial charge is 0.244 e. The standard InChI is InChI=1S/C12H18N6O2S/c1-9(17-21(19,20)10-7-13-14-8-10)12-16-15-11-5-3-2-4-6-18(11)12/h7-9,17H,2-6H2,1H3,(H,13,14). The van der Waals surface area contributed by atoms with Crippen molar-refractivity contribution in [2.45, 2.75) is 50.1 Å². The molecule has 0 radical (unpaired) electrons.